The largest absolute Gasteiger partial charge is 0.483 e. The van der Waals surface area contributed by atoms with Crippen LogP contribution in [0.3, 0.4) is 0 Å². The van der Waals surface area contributed by atoms with Crippen molar-refractivity contribution >= 4 is 22.8 Å². The van der Waals surface area contributed by atoms with Gasteiger partial charge < -0.3 is 24.5 Å². The van der Waals surface area contributed by atoms with Gasteiger partial charge in [0.05, 0.1) is 12.1 Å². The molecule has 35 heavy (non-hydrogen) atoms. The van der Waals surface area contributed by atoms with Crippen molar-refractivity contribution < 1.29 is 23.8 Å². The molecule has 2 aromatic rings. The summed E-state index contributed by atoms with van der Waals surface area (Å²) in [5.74, 6) is 0.0326. The number of likely N-dealkylation sites (tertiary alicyclic amines) is 1. The molecule has 0 spiro atoms. The van der Waals surface area contributed by atoms with Crippen LogP contribution in [-0.4, -0.2) is 53.7 Å². The van der Waals surface area contributed by atoms with E-state index in [1.807, 2.05) is 6.07 Å². The summed E-state index contributed by atoms with van der Waals surface area (Å²) < 4.78 is 11.1. The first kappa shape index (κ1) is 25.2. The molecule has 2 N–H and O–H groups in total. The van der Waals surface area contributed by atoms with Crippen LogP contribution < -0.4 is 15.7 Å². The van der Waals surface area contributed by atoms with E-state index in [1.54, 1.807) is 24.0 Å². The molecule has 2 heterocycles. The highest BCUT2D eigenvalue weighted by atomic mass is 16.5. The third-order valence-electron chi connectivity index (χ3n) is 7.57. The fourth-order valence-electron chi connectivity index (χ4n) is 5.42. The monoisotopic (exact) mass is 484 g/mol. The molecule has 1 aliphatic carbocycles. The average molecular weight is 485 g/mol. The zero-order chi connectivity index (χ0) is 25.0. The van der Waals surface area contributed by atoms with Crippen molar-refractivity contribution in [2.45, 2.75) is 70.8 Å². The number of ether oxygens (including phenoxy) is 1. The number of amides is 2. The van der Waals surface area contributed by atoms with E-state index < -0.39 is 17.1 Å². The molecule has 2 amide bonds. The minimum absolute atomic E-state index is 0.0975. The number of carbonyl (C=O) groups excluding carboxylic acids is 2. The van der Waals surface area contributed by atoms with Crippen molar-refractivity contribution in [2.75, 3.05) is 26.2 Å². The molecule has 0 unspecified atom stereocenters. The van der Waals surface area contributed by atoms with Gasteiger partial charge in [-0.25, -0.2) is 4.79 Å². The molecular formula is C27H36N2O6. The second-order valence-electron chi connectivity index (χ2n) is 9.96. The number of nitrogens with zero attached hydrogens (tertiary/aromatic N) is 1. The number of hydrogen-bond donors (Lipinski definition) is 2. The Labute approximate surface area is 205 Å². The van der Waals surface area contributed by atoms with Gasteiger partial charge in [-0.2, -0.15) is 0 Å². The first-order valence-corrected chi connectivity index (χ1v) is 12.8. The maximum absolute atomic E-state index is 12.6. The molecule has 2 atom stereocenters. The SMILES string of the molecule is CCCCc1cc(=O)oc2c(C)c(OCC(=O)NCC(=O)N3CC[C@]4(O)CCCC[C@@H]4C3)ccc12. The Morgan fingerprint density at radius 2 is 2.11 bits per heavy atom. The Hall–Kier alpha value is -2.87. The van der Waals surface area contributed by atoms with Crippen molar-refractivity contribution in [1.82, 2.24) is 10.2 Å². The summed E-state index contributed by atoms with van der Waals surface area (Å²) in [6.07, 6.45) is 7.27. The Morgan fingerprint density at radius 3 is 2.91 bits per heavy atom. The van der Waals surface area contributed by atoms with Gasteiger partial charge in [0.2, 0.25) is 5.91 Å². The van der Waals surface area contributed by atoms with Gasteiger partial charge in [0.25, 0.3) is 5.91 Å². The predicted molar refractivity (Wildman–Crippen MR) is 132 cm³/mol. The molecule has 1 aliphatic heterocycles. The molecule has 0 radical (unpaired) electrons. The lowest BCUT2D eigenvalue weighted by molar-refractivity contribution is -0.143. The summed E-state index contributed by atoms with van der Waals surface area (Å²) >= 11 is 0. The van der Waals surface area contributed by atoms with Crippen LogP contribution in [0.5, 0.6) is 5.75 Å². The molecule has 190 valence electrons. The molecule has 2 fully saturated rings. The standard InChI is InChI=1S/C27H36N2O6/c1-3-4-7-19-14-25(32)35-26-18(2)22(10-9-21(19)26)34-17-23(30)28-15-24(31)29-13-12-27(33)11-6-5-8-20(27)16-29/h9-10,14,20,33H,3-8,11-13,15-17H2,1-2H3,(H,28,30)/t20-,27-/m1/s1. The Balaban J connectivity index is 1.31. The van der Waals surface area contributed by atoms with Gasteiger partial charge in [-0.15, -0.1) is 0 Å². The van der Waals surface area contributed by atoms with Crippen LogP contribution >= 0.6 is 0 Å². The highest BCUT2D eigenvalue weighted by Crippen LogP contribution is 2.39. The van der Waals surface area contributed by atoms with E-state index >= 15 is 0 Å². The van der Waals surface area contributed by atoms with Crippen molar-refractivity contribution in [3.05, 3.63) is 39.7 Å². The zero-order valence-corrected chi connectivity index (χ0v) is 20.7. The molecule has 1 aromatic heterocycles. The van der Waals surface area contributed by atoms with E-state index in [9.17, 15) is 19.5 Å². The number of hydrogen-bond acceptors (Lipinski definition) is 6. The fourth-order valence-corrected chi connectivity index (χ4v) is 5.42. The lowest BCUT2D eigenvalue weighted by Gasteiger charge is -2.47. The Morgan fingerprint density at radius 1 is 1.29 bits per heavy atom. The molecule has 2 aliphatic rings. The summed E-state index contributed by atoms with van der Waals surface area (Å²) in [5, 5.41) is 14.3. The first-order valence-electron chi connectivity index (χ1n) is 12.8. The van der Waals surface area contributed by atoms with Crippen LogP contribution in [0.15, 0.2) is 27.4 Å². The smallest absolute Gasteiger partial charge is 0.336 e. The molecule has 8 heteroatoms. The summed E-state index contributed by atoms with van der Waals surface area (Å²) in [5.41, 5.74) is 1.05. The van der Waals surface area contributed by atoms with Crippen molar-refractivity contribution in [2.24, 2.45) is 5.92 Å². The van der Waals surface area contributed by atoms with E-state index in [4.69, 9.17) is 9.15 Å². The first-order chi connectivity index (χ1) is 16.8. The van der Waals surface area contributed by atoms with E-state index in [2.05, 4.69) is 12.2 Å². The quantitative estimate of drug-likeness (QED) is 0.558. The van der Waals surface area contributed by atoms with E-state index in [0.29, 0.717) is 36.4 Å². The van der Waals surface area contributed by atoms with Crippen LogP contribution in [0.25, 0.3) is 11.0 Å². The van der Waals surface area contributed by atoms with Crippen LogP contribution in [0.2, 0.25) is 0 Å². The lowest BCUT2D eigenvalue weighted by atomic mass is 9.71. The van der Waals surface area contributed by atoms with Gasteiger partial charge in [0.15, 0.2) is 6.61 Å². The number of carbonyl (C=O) groups is 2. The Bertz CT molecular complexity index is 1140. The maximum atomic E-state index is 12.6. The van der Waals surface area contributed by atoms with Gasteiger partial charge in [0, 0.05) is 36.0 Å². The van der Waals surface area contributed by atoms with Crippen LogP contribution in [0.4, 0.5) is 0 Å². The summed E-state index contributed by atoms with van der Waals surface area (Å²) in [6, 6.07) is 5.18. The minimum atomic E-state index is -0.639. The second kappa shape index (κ2) is 10.8. The number of nitrogens with one attached hydrogen (secondary N) is 1. The molecule has 0 bridgehead atoms. The van der Waals surface area contributed by atoms with Crippen LogP contribution in [-0.2, 0) is 16.0 Å². The topological polar surface area (TPSA) is 109 Å². The predicted octanol–water partition coefficient (Wildman–Crippen LogP) is 3.09. The van der Waals surface area contributed by atoms with Gasteiger partial charge >= 0.3 is 5.63 Å². The summed E-state index contributed by atoms with van der Waals surface area (Å²) in [4.78, 5) is 38.8. The third-order valence-corrected chi connectivity index (χ3v) is 7.57. The number of rotatable bonds is 8. The Kier molecular flexibility index (Phi) is 7.79. The van der Waals surface area contributed by atoms with Crippen molar-refractivity contribution in [1.29, 1.82) is 0 Å². The molecule has 1 aromatic carbocycles. The van der Waals surface area contributed by atoms with Gasteiger partial charge in [0.1, 0.15) is 11.3 Å². The minimum Gasteiger partial charge on any atom is -0.483 e. The van der Waals surface area contributed by atoms with E-state index in [0.717, 1.165) is 55.9 Å². The maximum Gasteiger partial charge on any atom is 0.336 e. The average Bonchev–Trinajstić information content (AvgIpc) is 2.85. The fraction of sp³-hybridized carbons (Fsp3) is 0.593. The van der Waals surface area contributed by atoms with E-state index in [-0.39, 0.29) is 25.0 Å². The number of unbranched alkanes of at least 4 members (excludes halogenated alkanes) is 1. The number of benzene rings is 1. The number of aliphatic hydroxyl groups is 1. The molecule has 4 rings (SSSR count). The van der Waals surface area contributed by atoms with Gasteiger partial charge in [-0.1, -0.05) is 26.2 Å². The van der Waals surface area contributed by atoms with Crippen LogP contribution in [0, 0.1) is 12.8 Å². The molecular weight excluding hydrogens is 448 g/mol. The zero-order valence-electron chi connectivity index (χ0n) is 20.7. The number of fused-ring (bicyclic) bond motifs is 2. The van der Waals surface area contributed by atoms with Gasteiger partial charge in [-0.05, 0) is 56.7 Å². The third kappa shape index (κ3) is 5.69. The molecule has 1 saturated heterocycles. The number of piperidine rings is 1. The summed E-state index contributed by atoms with van der Waals surface area (Å²) in [7, 11) is 0. The van der Waals surface area contributed by atoms with Crippen molar-refractivity contribution in [3.63, 3.8) is 0 Å². The molecule has 8 nitrogen and oxygen atoms in total. The lowest BCUT2D eigenvalue weighted by Crippen LogP contribution is -2.56. The normalized spacial score (nSPS) is 22.0. The highest BCUT2D eigenvalue weighted by Gasteiger charge is 2.43. The summed E-state index contributed by atoms with van der Waals surface area (Å²) in [6.45, 7) is 4.62. The van der Waals surface area contributed by atoms with Crippen molar-refractivity contribution in [3.8, 4) is 5.75 Å². The number of aryl methyl sites for hydroxylation is 2. The van der Waals surface area contributed by atoms with Crippen LogP contribution in [0.1, 0.15) is 63.0 Å². The van der Waals surface area contributed by atoms with E-state index in [1.165, 1.54) is 0 Å². The highest BCUT2D eigenvalue weighted by molar-refractivity contribution is 5.86. The van der Waals surface area contributed by atoms with Gasteiger partial charge in [-0.3, -0.25) is 9.59 Å². The second-order valence-corrected chi connectivity index (χ2v) is 9.96. The molecule has 1 saturated carbocycles.